The molecular weight excluding hydrogens is 488 g/mol. The van der Waals surface area contributed by atoms with Crippen molar-refractivity contribution in [3.63, 3.8) is 0 Å². The maximum Gasteiger partial charge on any atom is 0.319 e. The van der Waals surface area contributed by atoms with Crippen molar-refractivity contribution >= 4 is 34.9 Å². The van der Waals surface area contributed by atoms with E-state index < -0.39 is 10.7 Å². The summed E-state index contributed by atoms with van der Waals surface area (Å²) in [5, 5.41) is 20.5. The summed E-state index contributed by atoms with van der Waals surface area (Å²) in [5.74, 6) is -0.0708. The van der Waals surface area contributed by atoms with E-state index in [1.165, 1.54) is 34.2 Å². The van der Waals surface area contributed by atoms with E-state index in [0.717, 1.165) is 21.4 Å². The second-order valence-electron chi connectivity index (χ2n) is 8.77. The molecule has 2 aromatic carbocycles. The Morgan fingerprint density at radius 2 is 1.81 bits per heavy atom. The number of hydrogen-bond acceptors (Lipinski definition) is 7. The number of anilines is 1. The zero-order valence-electron chi connectivity index (χ0n) is 20.1. The number of carboxylic acid groups (broad SMARTS) is 1. The SMILES string of the molecule is CC(C)(Sc1nc(CCN(Cc2ccc(-c3ccccc3)cc2)c2ccc(C#N)cn2)cs1)C(=O)O. The van der Waals surface area contributed by atoms with Crippen LogP contribution in [0.1, 0.15) is 30.7 Å². The van der Waals surface area contributed by atoms with Crippen LogP contribution in [-0.4, -0.2) is 32.3 Å². The Hall–Kier alpha value is -3.67. The molecule has 0 spiro atoms. The second kappa shape index (κ2) is 11.4. The number of rotatable bonds is 10. The van der Waals surface area contributed by atoms with E-state index in [4.69, 9.17) is 5.26 Å². The Kier molecular flexibility index (Phi) is 8.04. The van der Waals surface area contributed by atoms with Gasteiger partial charge in [0.15, 0.2) is 4.34 Å². The third kappa shape index (κ3) is 6.51. The predicted molar refractivity (Wildman–Crippen MR) is 145 cm³/mol. The topological polar surface area (TPSA) is 90.1 Å². The van der Waals surface area contributed by atoms with Crippen LogP contribution in [0.4, 0.5) is 5.82 Å². The van der Waals surface area contributed by atoms with Crippen LogP contribution >= 0.6 is 23.1 Å². The van der Waals surface area contributed by atoms with Crippen LogP contribution in [0.5, 0.6) is 0 Å². The highest BCUT2D eigenvalue weighted by Gasteiger charge is 2.29. The van der Waals surface area contributed by atoms with Crippen LogP contribution in [0, 0.1) is 11.3 Å². The van der Waals surface area contributed by atoms with Gasteiger partial charge in [0.1, 0.15) is 16.6 Å². The van der Waals surface area contributed by atoms with E-state index in [0.29, 0.717) is 25.1 Å². The molecule has 8 heteroatoms. The molecule has 0 bridgehead atoms. The van der Waals surface area contributed by atoms with Gasteiger partial charge in [0.05, 0.1) is 11.3 Å². The normalized spacial score (nSPS) is 11.1. The molecule has 2 aromatic heterocycles. The number of nitriles is 1. The van der Waals surface area contributed by atoms with Crippen LogP contribution in [0.3, 0.4) is 0 Å². The summed E-state index contributed by atoms with van der Waals surface area (Å²) in [5.41, 5.74) is 4.94. The number of aliphatic carboxylic acids is 1. The summed E-state index contributed by atoms with van der Waals surface area (Å²) in [6, 6.07) is 24.6. The van der Waals surface area contributed by atoms with Crippen molar-refractivity contribution in [2.45, 2.75) is 35.9 Å². The molecule has 2 heterocycles. The van der Waals surface area contributed by atoms with Gasteiger partial charge in [-0.2, -0.15) is 5.26 Å². The molecule has 36 heavy (non-hydrogen) atoms. The summed E-state index contributed by atoms with van der Waals surface area (Å²) >= 11 is 2.73. The summed E-state index contributed by atoms with van der Waals surface area (Å²) in [6.45, 7) is 4.70. The number of pyridine rings is 1. The highest BCUT2D eigenvalue weighted by Crippen LogP contribution is 2.34. The van der Waals surface area contributed by atoms with E-state index in [1.54, 1.807) is 26.1 Å². The van der Waals surface area contributed by atoms with Crippen molar-refractivity contribution in [3.05, 3.63) is 95.1 Å². The maximum absolute atomic E-state index is 11.4. The Balaban J connectivity index is 1.49. The third-order valence-electron chi connectivity index (χ3n) is 5.66. The smallest absolute Gasteiger partial charge is 0.319 e. The molecular formula is C28H26N4O2S2. The van der Waals surface area contributed by atoms with E-state index in [9.17, 15) is 9.90 Å². The molecule has 0 saturated heterocycles. The largest absolute Gasteiger partial charge is 0.480 e. The lowest BCUT2D eigenvalue weighted by Gasteiger charge is -2.24. The Morgan fingerprint density at radius 3 is 2.44 bits per heavy atom. The fourth-order valence-corrected chi connectivity index (χ4v) is 5.75. The van der Waals surface area contributed by atoms with Gasteiger partial charge in [0, 0.05) is 31.1 Å². The lowest BCUT2D eigenvalue weighted by Crippen LogP contribution is -2.27. The fraction of sp³-hybridized carbons (Fsp3) is 0.214. The van der Waals surface area contributed by atoms with Gasteiger partial charge in [-0.3, -0.25) is 4.79 Å². The molecule has 4 aromatic rings. The van der Waals surface area contributed by atoms with Crippen molar-refractivity contribution in [1.29, 1.82) is 5.26 Å². The first kappa shape index (κ1) is 25.4. The number of thioether (sulfide) groups is 1. The molecule has 0 amide bonds. The number of carbonyl (C=O) groups is 1. The quantitative estimate of drug-likeness (QED) is 0.249. The zero-order chi connectivity index (χ0) is 25.5. The molecule has 0 aliphatic rings. The minimum atomic E-state index is -0.931. The maximum atomic E-state index is 11.4. The minimum Gasteiger partial charge on any atom is -0.480 e. The predicted octanol–water partition coefficient (Wildman–Crippen LogP) is 6.28. The van der Waals surface area contributed by atoms with Crippen LogP contribution < -0.4 is 4.90 Å². The molecule has 1 N–H and O–H groups in total. The molecule has 6 nitrogen and oxygen atoms in total. The second-order valence-corrected chi connectivity index (χ2v) is 11.5. The number of nitrogens with zero attached hydrogens (tertiary/aromatic N) is 4. The van der Waals surface area contributed by atoms with E-state index >= 15 is 0 Å². The summed E-state index contributed by atoms with van der Waals surface area (Å²) in [6.07, 6.45) is 2.28. The number of benzene rings is 2. The average Bonchev–Trinajstić information content (AvgIpc) is 3.34. The summed E-state index contributed by atoms with van der Waals surface area (Å²) in [4.78, 5) is 22.8. The lowest BCUT2D eigenvalue weighted by molar-refractivity contribution is -0.138. The molecule has 0 saturated carbocycles. The molecule has 4 rings (SSSR count). The van der Waals surface area contributed by atoms with Crippen LogP contribution in [-0.2, 0) is 17.8 Å². The lowest BCUT2D eigenvalue weighted by atomic mass is 10.0. The first-order valence-electron chi connectivity index (χ1n) is 11.5. The van der Waals surface area contributed by atoms with E-state index in [2.05, 4.69) is 57.3 Å². The van der Waals surface area contributed by atoms with Gasteiger partial charge in [-0.25, -0.2) is 9.97 Å². The first-order chi connectivity index (χ1) is 17.3. The number of carboxylic acids is 1. The van der Waals surface area contributed by atoms with Crippen molar-refractivity contribution in [3.8, 4) is 17.2 Å². The van der Waals surface area contributed by atoms with Gasteiger partial charge in [-0.15, -0.1) is 11.3 Å². The van der Waals surface area contributed by atoms with Gasteiger partial charge < -0.3 is 10.0 Å². The molecule has 182 valence electrons. The van der Waals surface area contributed by atoms with Crippen LogP contribution in [0.25, 0.3) is 11.1 Å². The minimum absolute atomic E-state index is 0.521. The Labute approximate surface area is 219 Å². The standard InChI is InChI=1S/C28H26N4O2S2/c1-28(2,26(33)34)36-27-31-24(19-35-27)14-15-32(25-13-10-21(16-29)17-30-25)18-20-8-11-23(12-9-20)22-6-4-3-5-7-22/h3-13,17,19H,14-15,18H2,1-2H3,(H,33,34). The molecule has 0 radical (unpaired) electrons. The van der Waals surface area contributed by atoms with Crippen molar-refractivity contribution in [2.24, 2.45) is 0 Å². The Morgan fingerprint density at radius 1 is 1.08 bits per heavy atom. The molecule has 0 atom stereocenters. The van der Waals surface area contributed by atoms with Crippen LogP contribution in [0.2, 0.25) is 0 Å². The van der Waals surface area contributed by atoms with E-state index in [-0.39, 0.29) is 0 Å². The van der Waals surface area contributed by atoms with Gasteiger partial charge in [0.25, 0.3) is 0 Å². The molecule has 0 fully saturated rings. The van der Waals surface area contributed by atoms with Crippen LogP contribution in [0.15, 0.2) is 82.6 Å². The molecule has 0 aliphatic heterocycles. The first-order valence-corrected chi connectivity index (χ1v) is 13.2. The summed E-state index contributed by atoms with van der Waals surface area (Å²) in [7, 11) is 0. The molecule has 0 aliphatic carbocycles. The average molecular weight is 515 g/mol. The fourth-order valence-electron chi connectivity index (χ4n) is 3.53. The monoisotopic (exact) mass is 514 g/mol. The molecule has 0 unspecified atom stereocenters. The van der Waals surface area contributed by atoms with E-state index in [1.807, 2.05) is 29.6 Å². The van der Waals surface area contributed by atoms with Crippen molar-refractivity contribution < 1.29 is 9.90 Å². The highest BCUT2D eigenvalue weighted by molar-refractivity contribution is 8.03. The number of hydrogen-bond donors (Lipinski definition) is 1. The zero-order valence-corrected chi connectivity index (χ0v) is 21.7. The number of thiazole rings is 1. The van der Waals surface area contributed by atoms with Crippen molar-refractivity contribution in [1.82, 2.24) is 9.97 Å². The highest BCUT2D eigenvalue weighted by atomic mass is 32.2. The van der Waals surface area contributed by atoms with Gasteiger partial charge >= 0.3 is 5.97 Å². The summed E-state index contributed by atoms with van der Waals surface area (Å²) < 4.78 is -0.184. The van der Waals surface area contributed by atoms with Gasteiger partial charge in [0.2, 0.25) is 0 Å². The number of aromatic nitrogens is 2. The third-order valence-corrected chi connectivity index (χ3v) is 7.83. The van der Waals surface area contributed by atoms with Gasteiger partial charge in [-0.05, 0) is 42.7 Å². The van der Waals surface area contributed by atoms with Gasteiger partial charge in [-0.1, -0.05) is 66.4 Å². The van der Waals surface area contributed by atoms with Crippen molar-refractivity contribution in [2.75, 3.05) is 11.4 Å². The Bertz CT molecular complexity index is 1350.